The number of methoxy groups -OCH3 is 1. The van der Waals surface area contributed by atoms with Crippen LogP contribution in [0.5, 0.6) is 5.75 Å². The molecular weight excluding hydrogens is 338 g/mol. The zero-order valence-electron chi connectivity index (χ0n) is 15.4. The van der Waals surface area contributed by atoms with Gasteiger partial charge in [-0.15, -0.1) is 5.10 Å². The monoisotopic (exact) mass is 361 g/mol. The SMILES string of the molecule is COCn1nnnc1-c1cc2c(cc1O)CN(C(=O)OC(C)(C)C)CC2. The Bertz CT molecular complexity index is 812. The molecule has 140 valence electrons. The fourth-order valence-corrected chi connectivity index (χ4v) is 2.86. The highest BCUT2D eigenvalue weighted by Crippen LogP contribution is 2.33. The highest BCUT2D eigenvalue weighted by atomic mass is 16.6. The van der Waals surface area contributed by atoms with E-state index in [1.165, 1.54) is 4.68 Å². The van der Waals surface area contributed by atoms with Crippen molar-refractivity contribution in [1.82, 2.24) is 25.1 Å². The summed E-state index contributed by atoms with van der Waals surface area (Å²) in [5.74, 6) is 0.490. The zero-order chi connectivity index (χ0) is 18.9. The van der Waals surface area contributed by atoms with E-state index < -0.39 is 5.60 Å². The lowest BCUT2D eigenvalue weighted by Crippen LogP contribution is -2.39. The zero-order valence-corrected chi connectivity index (χ0v) is 15.4. The largest absolute Gasteiger partial charge is 0.507 e. The van der Waals surface area contributed by atoms with Crippen LogP contribution in [0.2, 0.25) is 0 Å². The Hall–Kier alpha value is -2.68. The average molecular weight is 361 g/mol. The van der Waals surface area contributed by atoms with Gasteiger partial charge in [0, 0.05) is 20.2 Å². The second-order valence-corrected chi connectivity index (χ2v) is 7.21. The minimum atomic E-state index is -0.540. The molecule has 3 rings (SSSR count). The number of tetrazole rings is 1. The van der Waals surface area contributed by atoms with Gasteiger partial charge in [-0.3, -0.25) is 0 Å². The summed E-state index contributed by atoms with van der Waals surface area (Å²) in [6.45, 7) is 6.64. The Morgan fingerprint density at radius 2 is 2.08 bits per heavy atom. The highest BCUT2D eigenvalue weighted by Gasteiger charge is 2.27. The van der Waals surface area contributed by atoms with Crippen LogP contribution in [0.3, 0.4) is 0 Å². The van der Waals surface area contributed by atoms with Crippen molar-refractivity contribution in [1.29, 1.82) is 0 Å². The molecule has 0 bridgehead atoms. The number of hydrogen-bond acceptors (Lipinski definition) is 7. The molecule has 0 spiro atoms. The maximum atomic E-state index is 12.3. The van der Waals surface area contributed by atoms with Crippen molar-refractivity contribution in [2.24, 2.45) is 0 Å². The number of aromatic hydroxyl groups is 1. The van der Waals surface area contributed by atoms with Crippen molar-refractivity contribution >= 4 is 6.09 Å². The van der Waals surface area contributed by atoms with E-state index >= 15 is 0 Å². The molecule has 1 aliphatic heterocycles. The predicted octanol–water partition coefficient (Wildman–Crippen LogP) is 1.94. The Morgan fingerprint density at radius 1 is 1.31 bits per heavy atom. The van der Waals surface area contributed by atoms with Gasteiger partial charge in [0.2, 0.25) is 0 Å². The van der Waals surface area contributed by atoms with Crippen LogP contribution >= 0.6 is 0 Å². The molecule has 0 aliphatic carbocycles. The topological polar surface area (TPSA) is 103 Å². The number of aromatic nitrogens is 4. The third kappa shape index (κ3) is 3.77. The van der Waals surface area contributed by atoms with Gasteiger partial charge >= 0.3 is 6.09 Å². The number of rotatable bonds is 3. The molecule has 1 aliphatic rings. The third-order valence-corrected chi connectivity index (χ3v) is 4.01. The van der Waals surface area contributed by atoms with Crippen LogP contribution in [0.15, 0.2) is 12.1 Å². The van der Waals surface area contributed by atoms with Gasteiger partial charge in [-0.25, -0.2) is 4.79 Å². The van der Waals surface area contributed by atoms with Crippen LogP contribution in [0, 0.1) is 0 Å². The minimum Gasteiger partial charge on any atom is -0.507 e. The Balaban J connectivity index is 1.85. The maximum absolute atomic E-state index is 12.3. The minimum absolute atomic E-state index is 0.0574. The summed E-state index contributed by atoms with van der Waals surface area (Å²) in [5.41, 5.74) is 1.93. The quantitative estimate of drug-likeness (QED) is 0.891. The van der Waals surface area contributed by atoms with Gasteiger partial charge < -0.3 is 19.5 Å². The number of nitrogens with zero attached hydrogens (tertiary/aromatic N) is 5. The molecule has 1 amide bonds. The van der Waals surface area contributed by atoms with E-state index in [0.29, 0.717) is 30.9 Å². The number of ether oxygens (including phenoxy) is 2. The first-order valence-electron chi connectivity index (χ1n) is 8.36. The number of amides is 1. The molecule has 0 saturated carbocycles. The van der Waals surface area contributed by atoms with Crippen LogP contribution in [-0.2, 0) is 29.2 Å². The van der Waals surface area contributed by atoms with Gasteiger partial charge in [0.15, 0.2) is 5.82 Å². The van der Waals surface area contributed by atoms with E-state index in [0.717, 1.165) is 11.1 Å². The normalized spacial score (nSPS) is 14.2. The van der Waals surface area contributed by atoms with Crippen molar-refractivity contribution in [2.75, 3.05) is 13.7 Å². The lowest BCUT2D eigenvalue weighted by molar-refractivity contribution is 0.0224. The maximum Gasteiger partial charge on any atom is 0.410 e. The number of hydrogen-bond donors (Lipinski definition) is 1. The average Bonchev–Trinajstić information content (AvgIpc) is 3.00. The van der Waals surface area contributed by atoms with E-state index in [1.807, 2.05) is 26.8 Å². The van der Waals surface area contributed by atoms with Gasteiger partial charge in [0.25, 0.3) is 0 Å². The van der Waals surface area contributed by atoms with Crippen molar-refractivity contribution in [3.05, 3.63) is 23.3 Å². The molecular formula is C17H23N5O4. The first-order chi connectivity index (χ1) is 12.3. The fraction of sp³-hybridized carbons (Fsp3) is 0.529. The second kappa shape index (κ2) is 6.91. The first-order valence-corrected chi connectivity index (χ1v) is 8.36. The number of carbonyl (C=O) groups excluding carboxylic acids is 1. The molecule has 0 unspecified atom stereocenters. The lowest BCUT2D eigenvalue weighted by Gasteiger charge is -2.31. The molecule has 1 aromatic heterocycles. The summed E-state index contributed by atoms with van der Waals surface area (Å²) in [4.78, 5) is 13.9. The van der Waals surface area contributed by atoms with E-state index in [9.17, 15) is 9.90 Å². The Labute approximate surface area is 151 Å². The van der Waals surface area contributed by atoms with Gasteiger partial charge in [-0.05, 0) is 60.9 Å². The van der Waals surface area contributed by atoms with Gasteiger partial charge in [0.05, 0.1) is 5.56 Å². The molecule has 0 atom stereocenters. The smallest absolute Gasteiger partial charge is 0.410 e. The van der Waals surface area contributed by atoms with E-state index in [4.69, 9.17) is 9.47 Å². The molecule has 0 radical (unpaired) electrons. The summed E-state index contributed by atoms with van der Waals surface area (Å²) in [6, 6.07) is 3.53. The number of phenolic OH excluding ortho intramolecular Hbond substituents is 1. The van der Waals surface area contributed by atoms with Crippen LogP contribution in [0.1, 0.15) is 31.9 Å². The van der Waals surface area contributed by atoms with Gasteiger partial charge in [0.1, 0.15) is 18.1 Å². The van der Waals surface area contributed by atoms with E-state index in [1.54, 1.807) is 18.1 Å². The number of phenols is 1. The molecule has 1 N–H and O–H groups in total. The lowest BCUT2D eigenvalue weighted by atomic mass is 9.96. The van der Waals surface area contributed by atoms with Gasteiger partial charge in [-0.1, -0.05) is 0 Å². The van der Waals surface area contributed by atoms with Crippen LogP contribution in [0.25, 0.3) is 11.4 Å². The van der Waals surface area contributed by atoms with Crippen LogP contribution in [0.4, 0.5) is 4.79 Å². The highest BCUT2D eigenvalue weighted by molar-refractivity contribution is 5.70. The molecule has 26 heavy (non-hydrogen) atoms. The van der Waals surface area contributed by atoms with Crippen LogP contribution in [-0.4, -0.2) is 55.6 Å². The number of benzene rings is 1. The summed E-state index contributed by atoms with van der Waals surface area (Å²) < 4.78 is 12.0. The van der Waals surface area contributed by atoms with Crippen molar-refractivity contribution in [3.8, 4) is 17.1 Å². The second-order valence-electron chi connectivity index (χ2n) is 7.21. The Morgan fingerprint density at radius 3 is 2.77 bits per heavy atom. The summed E-state index contributed by atoms with van der Waals surface area (Å²) in [6.07, 6.45) is 0.309. The summed E-state index contributed by atoms with van der Waals surface area (Å²) in [5, 5.41) is 21.9. The van der Waals surface area contributed by atoms with Crippen LogP contribution < -0.4 is 0 Å². The molecule has 9 heteroatoms. The molecule has 2 aromatic rings. The van der Waals surface area contributed by atoms with Crippen molar-refractivity contribution < 1.29 is 19.4 Å². The fourth-order valence-electron chi connectivity index (χ4n) is 2.86. The number of carbonyl (C=O) groups is 1. The molecule has 0 fully saturated rings. The molecule has 1 aromatic carbocycles. The predicted molar refractivity (Wildman–Crippen MR) is 92.3 cm³/mol. The molecule has 9 nitrogen and oxygen atoms in total. The number of fused-ring (bicyclic) bond motifs is 1. The summed E-state index contributed by atoms with van der Waals surface area (Å²) in [7, 11) is 1.55. The van der Waals surface area contributed by atoms with Gasteiger partial charge in [-0.2, -0.15) is 4.68 Å². The van der Waals surface area contributed by atoms with E-state index in [2.05, 4.69) is 15.5 Å². The Kier molecular flexibility index (Phi) is 4.82. The summed E-state index contributed by atoms with van der Waals surface area (Å²) >= 11 is 0. The molecule has 0 saturated heterocycles. The van der Waals surface area contributed by atoms with E-state index in [-0.39, 0.29) is 18.6 Å². The third-order valence-electron chi connectivity index (χ3n) is 4.01. The van der Waals surface area contributed by atoms with Crippen molar-refractivity contribution in [3.63, 3.8) is 0 Å². The first kappa shape index (κ1) is 18.1. The standard InChI is InChI=1S/C17H23N5O4/c1-17(2,3)26-16(24)21-6-5-11-7-13(14(23)8-12(11)9-21)15-18-19-20-22(15)10-25-4/h7-8,23H,5-6,9-10H2,1-4H3. The molecule has 2 heterocycles. The van der Waals surface area contributed by atoms with Crippen molar-refractivity contribution in [2.45, 2.75) is 46.1 Å².